The minimum absolute atomic E-state index is 0.185. The smallest absolute Gasteiger partial charge is 0.126 e. The van der Waals surface area contributed by atoms with Crippen LogP contribution in [0.5, 0.6) is 0 Å². The molecule has 1 heterocycles. The van der Waals surface area contributed by atoms with Crippen LogP contribution in [0.1, 0.15) is 20.3 Å². The lowest BCUT2D eigenvalue weighted by atomic mass is 10.0. The summed E-state index contributed by atoms with van der Waals surface area (Å²) in [6, 6.07) is 3.90. The number of aliphatic hydroxyl groups is 1. The molecule has 0 amide bonds. The summed E-state index contributed by atoms with van der Waals surface area (Å²) in [4.78, 5) is 4.16. The van der Waals surface area contributed by atoms with E-state index in [1.807, 2.05) is 12.1 Å². The van der Waals surface area contributed by atoms with Crippen molar-refractivity contribution in [1.82, 2.24) is 4.98 Å². The van der Waals surface area contributed by atoms with Gasteiger partial charge in [-0.3, -0.25) is 0 Å². The SMILES string of the molecule is CC(C)C(CCO)Nc1ccc(N)cn1. The number of anilines is 2. The van der Waals surface area contributed by atoms with Crippen LogP contribution in [0.4, 0.5) is 11.5 Å². The highest BCUT2D eigenvalue weighted by Crippen LogP contribution is 2.13. The maximum absolute atomic E-state index is 8.93. The van der Waals surface area contributed by atoms with Crippen LogP contribution in [-0.2, 0) is 0 Å². The van der Waals surface area contributed by atoms with E-state index in [1.165, 1.54) is 0 Å². The molecule has 0 aromatic carbocycles. The molecule has 0 spiro atoms. The van der Waals surface area contributed by atoms with Gasteiger partial charge in [-0.1, -0.05) is 13.8 Å². The summed E-state index contributed by atoms with van der Waals surface area (Å²) in [6.07, 6.45) is 2.35. The number of pyridine rings is 1. The molecule has 4 heteroatoms. The third-order valence-corrected chi connectivity index (χ3v) is 2.36. The van der Waals surface area contributed by atoms with Crippen molar-refractivity contribution in [2.24, 2.45) is 5.92 Å². The monoisotopic (exact) mass is 209 g/mol. The fraction of sp³-hybridized carbons (Fsp3) is 0.545. The maximum atomic E-state index is 8.93. The molecule has 0 bridgehead atoms. The van der Waals surface area contributed by atoms with Crippen molar-refractivity contribution >= 4 is 11.5 Å². The van der Waals surface area contributed by atoms with Gasteiger partial charge in [-0.05, 0) is 24.5 Å². The van der Waals surface area contributed by atoms with Gasteiger partial charge in [0.1, 0.15) is 5.82 Å². The summed E-state index contributed by atoms with van der Waals surface area (Å²) in [6.45, 7) is 4.42. The first-order chi connectivity index (χ1) is 7.13. The zero-order chi connectivity index (χ0) is 11.3. The first kappa shape index (κ1) is 11.8. The Morgan fingerprint density at radius 3 is 2.67 bits per heavy atom. The number of nitrogens with zero attached hydrogens (tertiary/aromatic N) is 1. The van der Waals surface area contributed by atoms with Gasteiger partial charge in [0.15, 0.2) is 0 Å². The molecule has 0 fully saturated rings. The Hall–Kier alpha value is -1.29. The fourth-order valence-electron chi connectivity index (χ4n) is 1.39. The summed E-state index contributed by atoms with van der Waals surface area (Å²) in [5.41, 5.74) is 6.20. The first-order valence-corrected chi connectivity index (χ1v) is 5.22. The predicted molar refractivity (Wildman–Crippen MR) is 62.6 cm³/mol. The molecular formula is C11H19N3O. The van der Waals surface area contributed by atoms with Crippen LogP contribution < -0.4 is 11.1 Å². The first-order valence-electron chi connectivity index (χ1n) is 5.22. The van der Waals surface area contributed by atoms with Crippen molar-refractivity contribution in [1.29, 1.82) is 0 Å². The third kappa shape index (κ3) is 3.75. The van der Waals surface area contributed by atoms with E-state index < -0.39 is 0 Å². The summed E-state index contributed by atoms with van der Waals surface area (Å²) in [7, 11) is 0. The zero-order valence-corrected chi connectivity index (χ0v) is 9.27. The molecule has 1 aromatic heterocycles. The van der Waals surface area contributed by atoms with Crippen LogP contribution in [0.15, 0.2) is 18.3 Å². The van der Waals surface area contributed by atoms with Crippen LogP contribution in [0, 0.1) is 5.92 Å². The molecule has 0 aliphatic rings. The molecule has 0 saturated carbocycles. The highest BCUT2D eigenvalue weighted by molar-refractivity contribution is 5.44. The molecule has 0 aliphatic heterocycles. The molecule has 0 radical (unpaired) electrons. The number of hydrogen-bond acceptors (Lipinski definition) is 4. The van der Waals surface area contributed by atoms with Crippen molar-refractivity contribution in [3.05, 3.63) is 18.3 Å². The topological polar surface area (TPSA) is 71.2 Å². The highest BCUT2D eigenvalue weighted by Gasteiger charge is 2.12. The van der Waals surface area contributed by atoms with Crippen LogP contribution in [0.25, 0.3) is 0 Å². The minimum atomic E-state index is 0.185. The van der Waals surface area contributed by atoms with E-state index in [0.717, 1.165) is 12.2 Å². The van der Waals surface area contributed by atoms with Crippen LogP contribution in [0.3, 0.4) is 0 Å². The zero-order valence-electron chi connectivity index (χ0n) is 9.27. The van der Waals surface area contributed by atoms with Crippen molar-refractivity contribution < 1.29 is 5.11 Å². The van der Waals surface area contributed by atoms with E-state index in [1.54, 1.807) is 6.20 Å². The lowest BCUT2D eigenvalue weighted by Crippen LogP contribution is -2.27. The van der Waals surface area contributed by atoms with Crippen molar-refractivity contribution in [3.8, 4) is 0 Å². The second-order valence-electron chi connectivity index (χ2n) is 3.98. The Morgan fingerprint density at radius 1 is 1.47 bits per heavy atom. The van der Waals surface area contributed by atoms with Crippen LogP contribution >= 0.6 is 0 Å². The second kappa shape index (κ2) is 5.56. The number of hydrogen-bond donors (Lipinski definition) is 3. The molecule has 84 valence electrons. The molecule has 0 aliphatic carbocycles. The Morgan fingerprint density at radius 2 is 2.20 bits per heavy atom. The van der Waals surface area contributed by atoms with Gasteiger partial charge in [0, 0.05) is 12.6 Å². The normalized spacial score (nSPS) is 12.8. The van der Waals surface area contributed by atoms with E-state index in [9.17, 15) is 0 Å². The molecule has 4 N–H and O–H groups in total. The van der Waals surface area contributed by atoms with Crippen molar-refractivity contribution in [2.45, 2.75) is 26.3 Å². The third-order valence-electron chi connectivity index (χ3n) is 2.36. The number of aromatic nitrogens is 1. The highest BCUT2D eigenvalue weighted by atomic mass is 16.3. The molecular weight excluding hydrogens is 190 g/mol. The van der Waals surface area contributed by atoms with Gasteiger partial charge >= 0.3 is 0 Å². The maximum Gasteiger partial charge on any atom is 0.126 e. The van der Waals surface area contributed by atoms with Crippen LogP contribution in [0.2, 0.25) is 0 Å². The van der Waals surface area contributed by atoms with Crippen molar-refractivity contribution in [3.63, 3.8) is 0 Å². The van der Waals surface area contributed by atoms with Gasteiger partial charge in [0.05, 0.1) is 11.9 Å². The molecule has 15 heavy (non-hydrogen) atoms. The number of nitrogens with one attached hydrogen (secondary N) is 1. The Balaban J connectivity index is 2.61. The number of rotatable bonds is 5. The molecule has 1 aromatic rings. The minimum Gasteiger partial charge on any atom is -0.397 e. The second-order valence-corrected chi connectivity index (χ2v) is 3.98. The Bertz CT molecular complexity index is 284. The molecule has 4 nitrogen and oxygen atoms in total. The Labute approximate surface area is 90.5 Å². The quantitative estimate of drug-likeness (QED) is 0.687. The largest absolute Gasteiger partial charge is 0.397 e. The van der Waals surface area contributed by atoms with E-state index in [-0.39, 0.29) is 12.6 Å². The molecule has 1 atom stereocenters. The molecule has 1 rings (SSSR count). The number of aliphatic hydroxyl groups excluding tert-OH is 1. The van der Waals surface area contributed by atoms with Gasteiger partial charge in [0.25, 0.3) is 0 Å². The van der Waals surface area contributed by atoms with Gasteiger partial charge in [0.2, 0.25) is 0 Å². The summed E-state index contributed by atoms with van der Waals surface area (Å²) in [5, 5.41) is 12.2. The lowest BCUT2D eigenvalue weighted by molar-refractivity contribution is 0.267. The summed E-state index contributed by atoms with van der Waals surface area (Å²) in [5.74, 6) is 1.26. The molecule has 0 saturated heterocycles. The van der Waals surface area contributed by atoms with Crippen molar-refractivity contribution in [2.75, 3.05) is 17.7 Å². The van der Waals surface area contributed by atoms with Crippen LogP contribution in [-0.4, -0.2) is 22.7 Å². The number of nitrogen functional groups attached to an aromatic ring is 1. The van der Waals surface area contributed by atoms with E-state index in [0.29, 0.717) is 11.6 Å². The van der Waals surface area contributed by atoms with Gasteiger partial charge in [-0.25, -0.2) is 4.98 Å². The lowest BCUT2D eigenvalue weighted by Gasteiger charge is -2.22. The standard InChI is InChI=1S/C11H19N3O/c1-8(2)10(5-6-15)14-11-4-3-9(12)7-13-11/h3-4,7-8,10,15H,5-6,12H2,1-2H3,(H,13,14). The van der Waals surface area contributed by atoms with Gasteiger partial charge in [-0.15, -0.1) is 0 Å². The number of nitrogens with two attached hydrogens (primary N) is 1. The van der Waals surface area contributed by atoms with E-state index in [4.69, 9.17) is 10.8 Å². The molecule has 1 unspecified atom stereocenters. The average Bonchev–Trinajstić information content (AvgIpc) is 2.20. The average molecular weight is 209 g/mol. The van der Waals surface area contributed by atoms with E-state index >= 15 is 0 Å². The Kier molecular flexibility index (Phi) is 4.37. The van der Waals surface area contributed by atoms with Gasteiger partial charge in [-0.2, -0.15) is 0 Å². The summed E-state index contributed by atoms with van der Waals surface area (Å²) >= 11 is 0. The summed E-state index contributed by atoms with van der Waals surface area (Å²) < 4.78 is 0. The predicted octanol–water partition coefficient (Wildman–Crippen LogP) is 1.48. The van der Waals surface area contributed by atoms with Gasteiger partial charge < -0.3 is 16.2 Å². The fourth-order valence-corrected chi connectivity index (χ4v) is 1.39. The van der Waals surface area contributed by atoms with E-state index in [2.05, 4.69) is 24.1 Å².